The zero-order valence-corrected chi connectivity index (χ0v) is 15.9. The molecule has 0 N–H and O–H groups in total. The predicted molar refractivity (Wildman–Crippen MR) is 95.1 cm³/mol. The topological polar surface area (TPSA) is 38.8 Å². The quantitative estimate of drug-likeness (QED) is 0.659. The van der Waals surface area contributed by atoms with Crippen molar-refractivity contribution in [2.75, 3.05) is 19.7 Å². The van der Waals surface area contributed by atoms with Crippen molar-refractivity contribution in [2.45, 2.75) is 39.2 Å². The van der Waals surface area contributed by atoms with Crippen molar-refractivity contribution >= 4 is 28.7 Å². The monoisotopic (exact) mass is 435 g/mol. The summed E-state index contributed by atoms with van der Waals surface area (Å²) in [7, 11) is 0. The average Bonchev–Trinajstić information content (AvgIpc) is 2.45. The molecule has 1 aliphatic heterocycles. The molecule has 2 rings (SSSR count). The second kappa shape index (κ2) is 7.68. The van der Waals surface area contributed by atoms with Crippen LogP contribution in [0.4, 0.5) is 9.18 Å². The van der Waals surface area contributed by atoms with E-state index in [1.165, 1.54) is 6.07 Å². The molecule has 1 fully saturated rings. The molecule has 0 saturated carbocycles. The van der Waals surface area contributed by atoms with Crippen LogP contribution in [0.25, 0.3) is 0 Å². The van der Waals surface area contributed by atoms with Crippen LogP contribution in [-0.2, 0) is 4.74 Å². The first-order chi connectivity index (χ1) is 10.8. The number of nitrogens with zero attached hydrogens (tertiary/aromatic N) is 1. The summed E-state index contributed by atoms with van der Waals surface area (Å²) >= 11 is 2.07. The Morgan fingerprint density at radius 1 is 1.35 bits per heavy atom. The zero-order valence-electron chi connectivity index (χ0n) is 13.8. The standard InChI is InChI=1S/C17H23FINO3/c1-17(2,3)23-16(21)20-9-7-12(8-10-20)11-22-15-13(18)5-4-6-14(15)19/h4-6,12H,7-11H2,1-3H3. The van der Waals surface area contributed by atoms with Gasteiger partial charge in [-0.05, 0) is 74.3 Å². The summed E-state index contributed by atoms with van der Waals surface area (Å²) in [6.45, 7) is 7.36. The van der Waals surface area contributed by atoms with E-state index < -0.39 is 5.60 Å². The molecule has 4 nitrogen and oxygen atoms in total. The van der Waals surface area contributed by atoms with Gasteiger partial charge in [0.15, 0.2) is 11.6 Å². The van der Waals surface area contributed by atoms with E-state index in [2.05, 4.69) is 22.6 Å². The van der Waals surface area contributed by atoms with E-state index in [0.29, 0.717) is 31.4 Å². The molecule has 1 aromatic rings. The lowest BCUT2D eigenvalue weighted by Crippen LogP contribution is -2.42. The van der Waals surface area contributed by atoms with Crippen molar-refractivity contribution in [1.82, 2.24) is 4.90 Å². The first-order valence-electron chi connectivity index (χ1n) is 7.81. The van der Waals surface area contributed by atoms with Crippen LogP contribution in [-0.4, -0.2) is 36.3 Å². The minimum atomic E-state index is -0.474. The molecule has 1 amide bonds. The van der Waals surface area contributed by atoms with Crippen LogP contribution < -0.4 is 4.74 Å². The molecule has 0 bridgehead atoms. The summed E-state index contributed by atoms with van der Waals surface area (Å²) in [5.74, 6) is 0.315. The van der Waals surface area contributed by atoms with Gasteiger partial charge in [0.05, 0.1) is 10.2 Å². The molecule has 1 aromatic carbocycles. The number of amides is 1. The Kier molecular flexibility index (Phi) is 6.11. The molecular weight excluding hydrogens is 412 g/mol. The third-order valence-electron chi connectivity index (χ3n) is 3.65. The Bertz CT molecular complexity index is 531. The lowest BCUT2D eigenvalue weighted by Gasteiger charge is -2.33. The van der Waals surface area contributed by atoms with Gasteiger partial charge < -0.3 is 14.4 Å². The van der Waals surface area contributed by atoms with Gasteiger partial charge in [-0.25, -0.2) is 9.18 Å². The normalized spacial score (nSPS) is 16.3. The van der Waals surface area contributed by atoms with Crippen molar-refractivity contribution in [3.05, 3.63) is 27.6 Å². The smallest absolute Gasteiger partial charge is 0.410 e. The van der Waals surface area contributed by atoms with E-state index in [-0.39, 0.29) is 11.9 Å². The van der Waals surface area contributed by atoms with Gasteiger partial charge in [-0.2, -0.15) is 0 Å². The number of likely N-dealkylation sites (tertiary alicyclic amines) is 1. The second-order valence-corrected chi connectivity index (χ2v) is 7.93. The van der Waals surface area contributed by atoms with Gasteiger partial charge in [0.25, 0.3) is 0 Å². The average molecular weight is 435 g/mol. The first-order valence-corrected chi connectivity index (χ1v) is 8.89. The van der Waals surface area contributed by atoms with E-state index in [4.69, 9.17) is 9.47 Å². The maximum atomic E-state index is 13.7. The Hall–Kier alpha value is -1.05. The highest BCUT2D eigenvalue weighted by Crippen LogP contribution is 2.26. The van der Waals surface area contributed by atoms with E-state index in [1.807, 2.05) is 26.8 Å². The number of benzene rings is 1. The van der Waals surface area contributed by atoms with E-state index in [0.717, 1.165) is 16.4 Å². The Morgan fingerprint density at radius 2 is 2.00 bits per heavy atom. The predicted octanol–water partition coefficient (Wildman–Crippen LogP) is 4.46. The number of ether oxygens (including phenoxy) is 2. The maximum absolute atomic E-state index is 13.7. The molecule has 1 aliphatic rings. The molecule has 128 valence electrons. The number of hydrogen-bond donors (Lipinski definition) is 0. The van der Waals surface area contributed by atoms with Crippen LogP contribution in [0.2, 0.25) is 0 Å². The van der Waals surface area contributed by atoms with Gasteiger partial charge in [-0.15, -0.1) is 0 Å². The van der Waals surface area contributed by atoms with Crippen molar-refractivity contribution < 1.29 is 18.7 Å². The highest BCUT2D eigenvalue weighted by molar-refractivity contribution is 14.1. The van der Waals surface area contributed by atoms with Crippen LogP contribution in [0.5, 0.6) is 5.75 Å². The fourth-order valence-electron chi connectivity index (χ4n) is 2.43. The highest BCUT2D eigenvalue weighted by Gasteiger charge is 2.27. The number of carbonyl (C=O) groups excluding carboxylic acids is 1. The third kappa shape index (κ3) is 5.51. The summed E-state index contributed by atoms with van der Waals surface area (Å²) in [5, 5.41) is 0. The van der Waals surface area contributed by atoms with Crippen molar-refractivity contribution in [1.29, 1.82) is 0 Å². The minimum absolute atomic E-state index is 0.263. The minimum Gasteiger partial charge on any atom is -0.489 e. The molecule has 1 saturated heterocycles. The zero-order chi connectivity index (χ0) is 17.0. The van der Waals surface area contributed by atoms with Crippen LogP contribution in [0.15, 0.2) is 18.2 Å². The molecule has 6 heteroatoms. The number of piperidine rings is 1. The van der Waals surface area contributed by atoms with Gasteiger partial charge in [0.1, 0.15) is 5.60 Å². The summed E-state index contributed by atoms with van der Waals surface area (Å²) < 4.78 is 25.5. The second-order valence-electron chi connectivity index (χ2n) is 6.77. The van der Waals surface area contributed by atoms with E-state index in [9.17, 15) is 9.18 Å². The number of para-hydroxylation sites is 1. The van der Waals surface area contributed by atoms with Crippen molar-refractivity contribution in [3.63, 3.8) is 0 Å². The fraction of sp³-hybridized carbons (Fsp3) is 0.588. The van der Waals surface area contributed by atoms with Crippen molar-refractivity contribution in [3.8, 4) is 5.75 Å². The molecule has 1 heterocycles. The van der Waals surface area contributed by atoms with E-state index in [1.54, 1.807) is 11.0 Å². The lowest BCUT2D eigenvalue weighted by atomic mass is 9.98. The number of hydrogen-bond acceptors (Lipinski definition) is 3. The first kappa shape index (κ1) is 18.3. The van der Waals surface area contributed by atoms with Crippen LogP contribution >= 0.6 is 22.6 Å². The molecule has 0 atom stereocenters. The van der Waals surface area contributed by atoms with Crippen molar-refractivity contribution in [2.24, 2.45) is 5.92 Å². The summed E-state index contributed by atoms with van der Waals surface area (Å²) in [4.78, 5) is 13.7. The molecular formula is C17H23FINO3. The third-order valence-corrected chi connectivity index (χ3v) is 4.50. The van der Waals surface area contributed by atoms with Crippen LogP contribution in [0, 0.1) is 15.3 Å². The van der Waals surface area contributed by atoms with Gasteiger partial charge in [0.2, 0.25) is 0 Å². The van der Waals surface area contributed by atoms with E-state index >= 15 is 0 Å². The largest absolute Gasteiger partial charge is 0.489 e. The molecule has 0 radical (unpaired) electrons. The number of rotatable bonds is 3. The van der Waals surface area contributed by atoms with Crippen LogP contribution in [0.1, 0.15) is 33.6 Å². The SMILES string of the molecule is CC(C)(C)OC(=O)N1CCC(COc2c(F)cccc2I)CC1. The highest BCUT2D eigenvalue weighted by atomic mass is 127. The molecule has 0 aliphatic carbocycles. The Labute approximate surface area is 150 Å². The van der Waals surface area contributed by atoms with Gasteiger partial charge in [-0.3, -0.25) is 0 Å². The molecule has 0 aromatic heterocycles. The Balaban J connectivity index is 1.80. The van der Waals surface area contributed by atoms with Gasteiger partial charge in [0, 0.05) is 13.1 Å². The number of halogens is 2. The maximum Gasteiger partial charge on any atom is 0.410 e. The fourth-order valence-corrected chi connectivity index (χ4v) is 3.05. The van der Waals surface area contributed by atoms with Gasteiger partial charge in [-0.1, -0.05) is 6.07 Å². The molecule has 0 unspecified atom stereocenters. The van der Waals surface area contributed by atoms with Gasteiger partial charge >= 0.3 is 6.09 Å². The van der Waals surface area contributed by atoms with Crippen LogP contribution in [0.3, 0.4) is 0 Å². The molecule has 0 spiro atoms. The lowest BCUT2D eigenvalue weighted by molar-refractivity contribution is 0.0164. The molecule has 23 heavy (non-hydrogen) atoms. The number of carbonyl (C=O) groups is 1. The Morgan fingerprint density at radius 3 is 2.57 bits per heavy atom. The summed E-state index contributed by atoms with van der Waals surface area (Å²) in [5.41, 5.74) is -0.474. The summed E-state index contributed by atoms with van der Waals surface area (Å²) in [6, 6.07) is 4.90. The summed E-state index contributed by atoms with van der Waals surface area (Å²) in [6.07, 6.45) is 1.41.